The highest BCUT2D eigenvalue weighted by molar-refractivity contribution is 5.29. The van der Waals surface area contributed by atoms with Crippen LogP contribution in [0.1, 0.15) is 43.0 Å². The van der Waals surface area contributed by atoms with Crippen molar-refractivity contribution in [2.75, 3.05) is 13.7 Å². The molecule has 2 rings (SSSR count). The van der Waals surface area contributed by atoms with E-state index in [-0.39, 0.29) is 18.7 Å². The van der Waals surface area contributed by atoms with Gasteiger partial charge in [0, 0.05) is 18.7 Å². The van der Waals surface area contributed by atoms with E-state index in [4.69, 9.17) is 9.84 Å². The van der Waals surface area contributed by atoms with Gasteiger partial charge in [-0.2, -0.15) is 0 Å². The Labute approximate surface area is 133 Å². The van der Waals surface area contributed by atoms with Crippen molar-refractivity contribution < 1.29 is 9.84 Å². The average Bonchev–Trinajstić information content (AvgIpc) is 2.59. The van der Waals surface area contributed by atoms with Crippen molar-refractivity contribution in [3.8, 4) is 5.75 Å². The van der Waals surface area contributed by atoms with Crippen molar-refractivity contribution in [3.63, 3.8) is 0 Å². The van der Waals surface area contributed by atoms with Crippen LogP contribution in [0.5, 0.6) is 5.75 Å². The Bertz CT molecular complexity index is 539. The van der Waals surface area contributed by atoms with Crippen LogP contribution in [0, 0.1) is 0 Å². The fourth-order valence-electron chi connectivity index (χ4n) is 2.62. The number of hydrogen-bond acceptors (Lipinski definition) is 3. The van der Waals surface area contributed by atoms with Crippen LogP contribution in [0.3, 0.4) is 0 Å². The molecule has 0 saturated heterocycles. The van der Waals surface area contributed by atoms with Gasteiger partial charge < -0.3 is 15.2 Å². The SMILES string of the molecule is COc1ccc(C(C)NC(CCCO)c2ccccc2)cc1. The van der Waals surface area contributed by atoms with E-state index in [1.165, 1.54) is 11.1 Å². The Morgan fingerprint density at radius 2 is 1.68 bits per heavy atom. The van der Waals surface area contributed by atoms with Gasteiger partial charge in [-0.25, -0.2) is 0 Å². The molecule has 2 aromatic carbocycles. The summed E-state index contributed by atoms with van der Waals surface area (Å²) < 4.78 is 5.20. The molecule has 0 fully saturated rings. The van der Waals surface area contributed by atoms with Crippen molar-refractivity contribution in [1.82, 2.24) is 5.32 Å². The number of rotatable bonds is 8. The van der Waals surface area contributed by atoms with Crippen molar-refractivity contribution in [1.29, 1.82) is 0 Å². The van der Waals surface area contributed by atoms with Gasteiger partial charge in [0.25, 0.3) is 0 Å². The Morgan fingerprint density at radius 3 is 2.27 bits per heavy atom. The smallest absolute Gasteiger partial charge is 0.118 e. The summed E-state index contributed by atoms with van der Waals surface area (Å²) in [6.07, 6.45) is 1.71. The number of hydrogen-bond donors (Lipinski definition) is 2. The number of methoxy groups -OCH3 is 1. The number of benzene rings is 2. The minimum absolute atomic E-state index is 0.224. The molecule has 22 heavy (non-hydrogen) atoms. The highest BCUT2D eigenvalue weighted by atomic mass is 16.5. The van der Waals surface area contributed by atoms with Crippen LogP contribution in [0.4, 0.5) is 0 Å². The maximum atomic E-state index is 9.13. The number of aliphatic hydroxyl groups excluding tert-OH is 1. The molecule has 0 spiro atoms. The zero-order valence-corrected chi connectivity index (χ0v) is 13.3. The largest absolute Gasteiger partial charge is 0.497 e. The lowest BCUT2D eigenvalue weighted by Crippen LogP contribution is -2.25. The monoisotopic (exact) mass is 299 g/mol. The molecule has 2 aromatic rings. The molecule has 3 heteroatoms. The minimum Gasteiger partial charge on any atom is -0.497 e. The summed E-state index contributed by atoms with van der Waals surface area (Å²) >= 11 is 0. The molecule has 0 aliphatic heterocycles. The molecule has 0 amide bonds. The predicted molar refractivity (Wildman–Crippen MR) is 90.0 cm³/mol. The first-order valence-electron chi connectivity index (χ1n) is 7.80. The maximum Gasteiger partial charge on any atom is 0.118 e. The number of nitrogens with one attached hydrogen (secondary N) is 1. The minimum atomic E-state index is 0.224. The first kappa shape index (κ1) is 16.5. The van der Waals surface area contributed by atoms with Crippen molar-refractivity contribution in [2.45, 2.75) is 31.8 Å². The summed E-state index contributed by atoms with van der Waals surface area (Å²) in [4.78, 5) is 0. The molecule has 0 aliphatic carbocycles. The first-order valence-corrected chi connectivity index (χ1v) is 7.80. The average molecular weight is 299 g/mol. The van der Waals surface area contributed by atoms with Crippen LogP contribution >= 0.6 is 0 Å². The third-order valence-corrected chi connectivity index (χ3v) is 3.92. The lowest BCUT2D eigenvalue weighted by Gasteiger charge is -2.24. The second kappa shape index (κ2) is 8.57. The van der Waals surface area contributed by atoms with Crippen LogP contribution in [0.2, 0.25) is 0 Å². The molecule has 3 nitrogen and oxygen atoms in total. The van der Waals surface area contributed by atoms with Gasteiger partial charge >= 0.3 is 0 Å². The maximum absolute atomic E-state index is 9.13. The van der Waals surface area contributed by atoms with Crippen LogP contribution in [0.25, 0.3) is 0 Å². The van der Waals surface area contributed by atoms with Gasteiger partial charge in [-0.1, -0.05) is 42.5 Å². The summed E-state index contributed by atoms with van der Waals surface area (Å²) in [5.74, 6) is 0.871. The summed E-state index contributed by atoms with van der Waals surface area (Å²) in [6.45, 7) is 2.39. The predicted octanol–water partition coefficient (Wildman–Crippen LogP) is 3.86. The van der Waals surface area contributed by atoms with Crippen molar-refractivity contribution >= 4 is 0 Å². The van der Waals surface area contributed by atoms with E-state index >= 15 is 0 Å². The Balaban J connectivity index is 2.08. The summed E-state index contributed by atoms with van der Waals surface area (Å²) in [7, 11) is 1.68. The van der Waals surface area contributed by atoms with Gasteiger partial charge in [0.2, 0.25) is 0 Å². The van der Waals surface area contributed by atoms with Gasteiger partial charge in [0.15, 0.2) is 0 Å². The third-order valence-electron chi connectivity index (χ3n) is 3.92. The highest BCUT2D eigenvalue weighted by Gasteiger charge is 2.15. The lowest BCUT2D eigenvalue weighted by atomic mass is 9.99. The van der Waals surface area contributed by atoms with E-state index in [0.717, 1.165) is 18.6 Å². The fraction of sp³-hybridized carbons (Fsp3) is 0.368. The Kier molecular flexibility index (Phi) is 6.44. The number of aliphatic hydroxyl groups is 1. The Hall–Kier alpha value is -1.84. The van der Waals surface area contributed by atoms with Crippen LogP contribution in [-0.2, 0) is 0 Å². The molecule has 0 aliphatic rings. The quantitative estimate of drug-likeness (QED) is 0.777. The molecule has 2 atom stereocenters. The molecular weight excluding hydrogens is 274 g/mol. The van der Waals surface area contributed by atoms with E-state index in [1.807, 2.05) is 18.2 Å². The van der Waals surface area contributed by atoms with Crippen LogP contribution in [-0.4, -0.2) is 18.8 Å². The van der Waals surface area contributed by atoms with E-state index in [9.17, 15) is 0 Å². The third kappa shape index (κ3) is 4.58. The standard InChI is InChI=1S/C19H25NO2/c1-15(16-10-12-18(22-2)13-11-16)20-19(9-6-14-21)17-7-4-3-5-8-17/h3-5,7-8,10-13,15,19-21H,6,9,14H2,1-2H3. The van der Waals surface area contributed by atoms with Gasteiger partial charge in [-0.15, -0.1) is 0 Å². The van der Waals surface area contributed by atoms with Crippen LogP contribution in [0.15, 0.2) is 54.6 Å². The molecule has 0 bridgehead atoms. The topological polar surface area (TPSA) is 41.5 Å². The first-order chi connectivity index (χ1) is 10.7. The second-order valence-corrected chi connectivity index (χ2v) is 5.49. The van der Waals surface area contributed by atoms with Crippen molar-refractivity contribution in [2.24, 2.45) is 0 Å². The van der Waals surface area contributed by atoms with E-state index < -0.39 is 0 Å². The summed E-state index contributed by atoms with van der Waals surface area (Å²) in [6, 6.07) is 19.0. The normalized spacial score (nSPS) is 13.6. The molecule has 0 radical (unpaired) electrons. The van der Waals surface area contributed by atoms with Crippen LogP contribution < -0.4 is 10.1 Å². The molecular formula is C19H25NO2. The molecule has 0 aromatic heterocycles. The second-order valence-electron chi connectivity index (χ2n) is 5.49. The van der Waals surface area contributed by atoms with E-state index in [1.54, 1.807) is 7.11 Å². The van der Waals surface area contributed by atoms with Gasteiger partial charge in [0.1, 0.15) is 5.75 Å². The number of ether oxygens (including phenoxy) is 1. The molecule has 118 valence electrons. The molecule has 0 saturated carbocycles. The van der Waals surface area contributed by atoms with Gasteiger partial charge in [-0.05, 0) is 43.0 Å². The van der Waals surface area contributed by atoms with Gasteiger partial charge in [0.05, 0.1) is 7.11 Å². The summed E-state index contributed by atoms with van der Waals surface area (Å²) in [5.41, 5.74) is 2.49. The lowest BCUT2D eigenvalue weighted by molar-refractivity contribution is 0.272. The fourth-order valence-corrected chi connectivity index (χ4v) is 2.62. The van der Waals surface area contributed by atoms with E-state index in [0.29, 0.717) is 0 Å². The zero-order chi connectivity index (χ0) is 15.8. The van der Waals surface area contributed by atoms with Crippen molar-refractivity contribution in [3.05, 3.63) is 65.7 Å². The Morgan fingerprint density at radius 1 is 1.00 bits per heavy atom. The molecule has 0 heterocycles. The zero-order valence-electron chi connectivity index (χ0n) is 13.3. The van der Waals surface area contributed by atoms with E-state index in [2.05, 4.69) is 48.6 Å². The molecule has 2 unspecified atom stereocenters. The summed E-state index contributed by atoms with van der Waals surface area (Å²) in [5, 5.41) is 12.8. The molecule has 2 N–H and O–H groups in total. The highest BCUT2D eigenvalue weighted by Crippen LogP contribution is 2.24. The van der Waals surface area contributed by atoms with Gasteiger partial charge in [-0.3, -0.25) is 0 Å².